The molecular weight excluding hydrogens is 671 g/mol. The van der Waals surface area contributed by atoms with Gasteiger partial charge in [0.15, 0.2) is 5.84 Å². The molecule has 0 saturated heterocycles. The maximum Gasteiger partial charge on any atom is 0.159 e. The van der Waals surface area contributed by atoms with E-state index in [9.17, 15) is 0 Å². The zero-order chi connectivity index (χ0) is 36.3. The highest BCUT2D eigenvalue weighted by Gasteiger charge is 2.22. The van der Waals surface area contributed by atoms with Crippen LogP contribution < -0.4 is 5.32 Å². The molecule has 2 heterocycles. The second-order valence-corrected chi connectivity index (χ2v) is 14.2. The topological polar surface area (TPSA) is 49.9 Å². The van der Waals surface area contributed by atoms with E-state index >= 15 is 0 Å². The lowest BCUT2D eigenvalue weighted by Crippen LogP contribution is -2.33. The average Bonchev–Trinajstić information content (AvgIpc) is 3.65. The third kappa shape index (κ3) is 5.38. The van der Waals surface area contributed by atoms with Gasteiger partial charge in [-0.15, -0.1) is 0 Å². The van der Waals surface area contributed by atoms with Gasteiger partial charge in [0.05, 0.1) is 0 Å². The van der Waals surface area contributed by atoms with Crippen LogP contribution in [0.25, 0.3) is 76.5 Å². The fourth-order valence-corrected chi connectivity index (χ4v) is 8.17. The molecule has 55 heavy (non-hydrogen) atoms. The molecule has 0 bridgehead atoms. The number of nitrogens with one attached hydrogen (secondary N) is 1. The molecule has 258 valence electrons. The number of furan rings is 1. The van der Waals surface area contributed by atoms with Gasteiger partial charge in [-0.05, 0) is 78.8 Å². The molecule has 1 N–H and O–H groups in total. The smallest absolute Gasteiger partial charge is 0.159 e. The summed E-state index contributed by atoms with van der Waals surface area (Å²) in [5.74, 6) is 1.52. The van der Waals surface area contributed by atoms with Gasteiger partial charge < -0.3 is 9.73 Å². The van der Waals surface area contributed by atoms with Gasteiger partial charge >= 0.3 is 0 Å². The first-order chi connectivity index (χ1) is 27.2. The zero-order valence-corrected chi connectivity index (χ0v) is 29.8. The summed E-state index contributed by atoms with van der Waals surface area (Å²) in [5, 5.41) is 13.4. The van der Waals surface area contributed by atoms with Crippen molar-refractivity contribution < 1.29 is 4.42 Å². The van der Waals surface area contributed by atoms with Crippen LogP contribution in [0.15, 0.2) is 202 Å². The summed E-state index contributed by atoms with van der Waals surface area (Å²) in [7, 11) is 0. The minimum atomic E-state index is -0.303. The summed E-state index contributed by atoms with van der Waals surface area (Å²) < 4.78 is 6.64. The largest absolute Gasteiger partial charge is 0.455 e. The van der Waals surface area contributed by atoms with Gasteiger partial charge in [-0.2, -0.15) is 0 Å². The van der Waals surface area contributed by atoms with Crippen LogP contribution in [0.4, 0.5) is 0 Å². The van der Waals surface area contributed by atoms with Gasteiger partial charge in [-0.25, -0.2) is 9.98 Å². The van der Waals surface area contributed by atoms with Crippen molar-refractivity contribution >= 4 is 65.9 Å². The molecule has 0 spiro atoms. The Bertz CT molecular complexity index is 3180. The lowest BCUT2D eigenvalue weighted by Gasteiger charge is -2.24. The average molecular weight is 704 g/mol. The Labute approximate surface area is 317 Å². The summed E-state index contributed by atoms with van der Waals surface area (Å²) in [5.41, 5.74) is 9.30. The third-order valence-corrected chi connectivity index (χ3v) is 10.9. The number of para-hydroxylation sites is 1. The lowest BCUT2D eigenvalue weighted by atomic mass is 9.94. The molecule has 0 aliphatic carbocycles. The van der Waals surface area contributed by atoms with Gasteiger partial charge in [0.2, 0.25) is 0 Å². The molecule has 0 amide bonds. The van der Waals surface area contributed by atoms with E-state index < -0.39 is 0 Å². The van der Waals surface area contributed by atoms with Crippen LogP contribution >= 0.6 is 0 Å². The van der Waals surface area contributed by atoms with Crippen LogP contribution in [-0.4, -0.2) is 11.7 Å². The number of rotatable bonds is 5. The van der Waals surface area contributed by atoms with Crippen LogP contribution in [0.3, 0.4) is 0 Å². The zero-order valence-electron chi connectivity index (χ0n) is 29.8. The molecular formula is C51H33N3O. The van der Waals surface area contributed by atoms with Crippen molar-refractivity contribution in [2.75, 3.05) is 0 Å². The molecule has 1 aliphatic heterocycles. The van der Waals surface area contributed by atoms with Crippen molar-refractivity contribution in [1.82, 2.24) is 5.32 Å². The third-order valence-electron chi connectivity index (χ3n) is 10.9. The number of aliphatic imine (C=N–C) groups is 2. The maximum atomic E-state index is 6.64. The number of benzene rings is 9. The molecule has 0 saturated carbocycles. The lowest BCUT2D eigenvalue weighted by molar-refractivity contribution is 0.670. The fourth-order valence-electron chi connectivity index (χ4n) is 8.17. The van der Waals surface area contributed by atoms with Gasteiger partial charge in [-0.3, -0.25) is 0 Å². The molecule has 0 fully saturated rings. The summed E-state index contributed by atoms with van der Waals surface area (Å²) in [4.78, 5) is 10.0. The summed E-state index contributed by atoms with van der Waals surface area (Å²) in [6, 6.07) is 66.4. The highest BCUT2D eigenvalue weighted by atomic mass is 16.3. The number of amidine groups is 2. The Morgan fingerprint density at radius 3 is 1.93 bits per heavy atom. The normalized spacial score (nSPS) is 14.4. The predicted molar refractivity (Wildman–Crippen MR) is 229 cm³/mol. The Morgan fingerprint density at radius 1 is 0.418 bits per heavy atom. The van der Waals surface area contributed by atoms with Crippen molar-refractivity contribution in [3.63, 3.8) is 0 Å². The van der Waals surface area contributed by atoms with E-state index in [4.69, 9.17) is 14.4 Å². The first kappa shape index (κ1) is 31.2. The van der Waals surface area contributed by atoms with E-state index in [1.807, 2.05) is 36.4 Å². The first-order valence-corrected chi connectivity index (χ1v) is 18.7. The summed E-state index contributed by atoms with van der Waals surface area (Å²) in [6.45, 7) is 0. The fraction of sp³-hybridized carbons (Fsp3) is 0.0196. The number of fused-ring (bicyclic) bond motifs is 8. The highest BCUT2D eigenvalue weighted by Crippen LogP contribution is 2.40. The molecule has 11 rings (SSSR count). The van der Waals surface area contributed by atoms with E-state index in [1.54, 1.807) is 0 Å². The molecule has 1 aliphatic rings. The van der Waals surface area contributed by atoms with E-state index in [0.717, 1.165) is 66.7 Å². The second kappa shape index (κ2) is 12.7. The van der Waals surface area contributed by atoms with E-state index in [0.29, 0.717) is 5.84 Å². The van der Waals surface area contributed by atoms with Gasteiger partial charge in [-0.1, -0.05) is 164 Å². The Morgan fingerprint density at radius 2 is 1.07 bits per heavy atom. The minimum Gasteiger partial charge on any atom is -0.455 e. The van der Waals surface area contributed by atoms with Gasteiger partial charge in [0, 0.05) is 27.5 Å². The second-order valence-electron chi connectivity index (χ2n) is 14.2. The Hall–Kier alpha value is -7.30. The van der Waals surface area contributed by atoms with Gasteiger partial charge in [0.1, 0.15) is 23.2 Å². The highest BCUT2D eigenvalue weighted by molar-refractivity contribution is 6.18. The molecule has 0 radical (unpaired) electrons. The monoisotopic (exact) mass is 703 g/mol. The van der Waals surface area contributed by atoms with Crippen molar-refractivity contribution in [2.24, 2.45) is 9.98 Å². The molecule has 4 nitrogen and oxygen atoms in total. The van der Waals surface area contributed by atoms with Crippen LogP contribution in [0.5, 0.6) is 0 Å². The van der Waals surface area contributed by atoms with E-state index in [2.05, 4.69) is 157 Å². The summed E-state index contributed by atoms with van der Waals surface area (Å²) in [6.07, 6.45) is -0.303. The van der Waals surface area contributed by atoms with Crippen molar-refractivity contribution in [2.45, 2.75) is 6.17 Å². The molecule has 1 aromatic heterocycles. The Balaban J connectivity index is 0.962. The SMILES string of the molecule is c1ccc(C2=NC(c3cccc(-c4ccc5oc6c(-c7ccc8c(ccc9c%10ccccc%10ccc89)c7)cccc6c5c4)c3)NC(c3ccccc3)=N2)cc1. The number of hydrogen-bond acceptors (Lipinski definition) is 4. The molecule has 10 aromatic rings. The number of hydrogen-bond donors (Lipinski definition) is 1. The van der Waals surface area contributed by atoms with Crippen LogP contribution in [0, 0.1) is 0 Å². The summed E-state index contributed by atoms with van der Waals surface area (Å²) >= 11 is 0. The van der Waals surface area contributed by atoms with Gasteiger partial charge in [0.25, 0.3) is 0 Å². The molecule has 1 atom stereocenters. The predicted octanol–water partition coefficient (Wildman–Crippen LogP) is 12.9. The molecule has 1 unspecified atom stereocenters. The van der Waals surface area contributed by atoms with E-state index in [1.165, 1.54) is 32.3 Å². The van der Waals surface area contributed by atoms with E-state index in [-0.39, 0.29) is 6.17 Å². The number of nitrogens with zero attached hydrogens (tertiary/aromatic N) is 2. The van der Waals surface area contributed by atoms with Crippen molar-refractivity contribution in [1.29, 1.82) is 0 Å². The van der Waals surface area contributed by atoms with Crippen LogP contribution in [0.2, 0.25) is 0 Å². The minimum absolute atomic E-state index is 0.303. The maximum absolute atomic E-state index is 6.64. The first-order valence-electron chi connectivity index (χ1n) is 18.7. The van der Waals surface area contributed by atoms with Crippen LogP contribution in [-0.2, 0) is 0 Å². The standard InChI is InChI=1S/C51H33N3O/c1-3-12-33(13-4-1)49-52-50(34-14-5-2-6-15-34)54-51(53-49)39-17-9-16-35(29-39)36-24-28-47-46(31-36)45-20-10-19-42(48(45)55-47)38-22-25-41-37(30-38)23-27-43-40-18-8-7-11-32(40)21-26-44(41)43/h1-31,51H,(H,52,53,54). The van der Waals surface area contributed by atoms with Crippen LogP contribution in [0.1, 0.15) is 22.9 Å². The van der Waals surface area contributed by atoms with Crippen molar-refractivity contribution in [3.8, 4) is 22.3 Å². The molecule has 9 aromatic carbocycles. The Kier molecular flexibility index (Phi) is 7.20. The quantitative estimate of drug-likeness (QED) is 0.181. The molecule has 4 heteroatoms. The van der Waals surface area contributed by atoms with Crippen molar-refractivity contribution in [3.05, 3.63) is 205 Å².